The Labute approximate surface area is 127 Å². The smallest absolute Gasteiger partial charge is 0.220 e. The molecule has 2 rings (SSSR count). The Hall–Kier alpha value is -1.55. The average Bonchev–Trinajstić information content (AvgIpc) is 2.97. The molecule has 0 radical (unpaired) electrons. The quantitative estimate of drug-likeness (QED) is 0.810. The molecular formula is C17H26N2O2. The molecule has 1 atom stereocenters. The van der Waals surface area contributed by atoms with E-state index in [1.54, 1.807) is 0 Å². The van der Waals surface area contributed by atoms with Crippen LogP contribution in [0.4, 0.5) is 0 Å². The number of amides is 1. The molecule has 1 fully saturated rings. The predicted molar refractivity (Wildman–Crippen MR) is 84.4 cm³/mol. The Kier molecular flexibility index (Phi) is 5.62. The Morgan fingerprint density at radius 3 is 2.81 bits per heavy atom. The highest BCUT2D eigenvalue weighted by molar-refractivity contribution is 5.75. The molecule has 1 aliphatic rings. The van der Waals surface area contributed by atoms with Crippen molar-refractivity contribution in [1.82, 2.24) is 10.6 Å². The van der Waals surface area contributed by atoms with E-state index in [2.05, 4.69) is 10.6 Å². The van der Waals surface area contributed by atoms with Crippen LogP contribution in [0.25, 0.3) is 0 Å². The number of carbonyl (C=O) groups is 1. The van der Waals surface area contributed by atoms with Gasteiger partial charge in [0.15, 0.2) is 0 Å². The van der Waals surface area contributed by atoms with Crippen LogP contribution in [0.2, 0.25) is 0 Å². The predicted octanol–water partition coefficient (Wildman–Crippen LogP) is 2.35. The minimum atomic E-state index is -0.411. The van der Waals surface area contributed by atoms with Gasteiger partial charge in [-0.05, 0) is 57.8 Å². The third kappa shape index (κ3) is 5.76. The summed E-state index contributed by atoms with van der Waals surface area (Å²) in [5.41, 5.74) is -0.411. The van der Waals surface area contributed by atoms with Gasteiger partial charge >= 0.3 is 0 Å². The summed E-state index contributed by atoms with van der Waals surface area (Å²) >= 11 is 0. The van der Waals surface area contributed by atoms with Crippen LogP contribution in [-0.4, -0.2) is 31.1 Å². The third-order valence-corrected chi connectivity index (χ3v) is 3.79. The molecule has 1 unspecified atom stereocenters. The zero-order valence-electron chi connectivity index (χ0n) is 13.0. The molecule has 2 N–H and O–H groups in total. The zero-order valence-corrected chi connectivity index (χ0v) is 13.0. The molecule has 1 saturated heterocycles. The van der Waals surface area contributed by atoms with E-state index in [4.69, 9.17) is 4.74 Å². The molecule has 1 aromatic rings. The highest BCUT2D eigenvalue weighted by Gasteiger charge is 2.21. The summed E-state index contributed by atoms with van der Waals surface area (Å²) in [6.07, 6.45) is 2.77. The van der Waals surface area contributed by atoms with Gasteiger partial charge in [0.1, 0.15) is 11.4 Å². The van der Waals surface area contributed by atoms with Crippen LogP contribution in [-0.2, 0) is 4.79 Å². The highest BCUT2D eigenvalue weighted by Crippen LogP contribution is 2.17. The van der Waals surface area contributed by atoms with Gasteiger partial charge in [-0.3, -0.25) is 4.79 Å². The summed E-state index contributed by atoms with van der Waals surface area (Å²) in [6.45, 7) is 6.63. The first-order chi connectivity index (χ1) is 10.1. The Morgan fingerprint density at radius 2 is 2.14 bits per heavy atom. The molecule has 4 nitrogen and oxygen atoms in total. The van der Waals surface area contributed by atoms with E-state index in [1.165, 1.54) is 6.42 Å². The van der Waals surface area contributed by atoms with Crippen molar-refractivity contribution in [2.75, 3.05) is 19.6 Å². The Balaban J connectivity index is 1.69. The van der Waals surface area contributed by atoms with Crippen molar-refractivity contribution >= 4 is 5.91 Å². The van der Waals surface area contributed by atoms with Gasteiger partial charge < -0.3 is 15.4 Å². The standard InChI is InChI=1S/C17H26N2O2/c1-17(2,21-15-6-4-3-5-7-15)13-19-16(20)9-8-14-10-11-18-12-14/h3-7,14,18H,8-13H2,1-2H3,(H,19,20). The van der Waals surface area contributed by atoms with Gasteiger partial charge in [0.2, 0.25) is 5.91 Å². The molecule has 0 saturated carbocycles. The number of hydrogen-bond acceptors (Lipinski definition) is 3. The van der Waals surface area contributed by atoms with Gasteiger partial charge in [0.05, 0.1) is 6.54 Å². The summed E-state index contributed by atoms with van der Waals surface area (Å²) in [5, 5.41) is 6.31. The van der Waals surface area contributed by atoms with Crippen LogP contribution < -0.4 is 15.4 Å². The maximum Gasteiger partial charge on any atom is 0.220 e. The second-order valence-electron chi connectivity index (χ2n) is 6.35. The lowest BCUT2D eigenvalue weighted by molar-refractivity contribution is -0.122. The number of rotatable bonds is 7. The van der Waals surface area contributed by atoms with E-state index < -0.39 is 5.60 Å². The maximum atomic E-state index is 11.9. The molecule has 0 spiro atoms. The van der Waals surface area contributed by atoms with Gasteiger partial charge in [-0.25, -0.2) is 0 Å². The van der Waals surface area contributed by atoms with Crippen LogP contribution >= 0.6 is 0 Å². The van der Waals surface area contributed by atoms with Crippen molar-refractivity contribution < 1.29 is 9.53 Å². The molecule has 1 amide bonds. The minimum absolute atomic E-state index is 0.117. The summed E-state index contributed by atoms with van der Waals surface area (Å²) < 4.78 is 5.91. The SMILES string of the molecule is CC(C)(CNC(=O)CCC1CCNC1)Oc1ccccc1. The summed E-state index contributed by atoms with van der Waals surface area (Å²) in [5.74, 6) is 1.60. The first-order valence-corrected chi connectivity index (χ1v) is 7.77. The van der Waals surface area contributed by atoms with Gasteiger partial charge in [0, 0.05) is 6.42 Å². The molecule has 0 aromatic heterocycles. The van der Waals surface area contributed by atoms with Crippen LogP contribution in [0, 0.1) is 5.92 Å². The number of carbonyl (C=O) groups excluding carboxylic acids is 1. The molecule has 0 aliphatic carbocycles. The second-order valence-corrected chi connectivity index (χ2v) is 6.35. The fraction of sp³-hybridized carbons (Fsp3) is 0.588. The zero-order chi connectivity index (χ0) is 15.1. The first-order valence-electron chi connectivity index (χ1n) is 7.77. The summed E-state index contributed by atoms with van der Waals surface area (Å²) in [6, 6.07) is 9.70. The van der Waals surface area contributed by atoms with Crippen molar-refractivity contribution in [2.45, 2.75) is 38.7 Å². The number of ether oxygens (including phenoxy) is 1. The van der Waals surface area contributed by atoms with Crippen LogP contribution in [0.3, 0.4) is 0 Å². The fourth-order valence-electron chi connectivity index (χ4n) is 2.54. The minimum Gasteiger partial charge on any atom is -0.486 e. The number of hydrogen-bond donors (Lipinski definition) is 2. The maximum absolute atomic E-state index is 11.9. The lowest BCUT2D eigenvalue weighted by atomic mass is 10.0. The molecule has 116 valence electrons. The van der Waals surface area contributed by atoms with E-state index >= 15 is 0 Å². The third-order valence-electron chi connectivity index (χ3n) is 3.79. The van der Waals surface area contributed by atoms with Crippen molar-refractivity contribution in [3.63, 3.8) is 0 Å². The molecule has 0 bridgehead atoms. The molecule has 1 heterocycles. The van der Waals surface area contributed by atoms with E-state index in [-0.39, 0.29) is 5.91 Å². The average molecular weight is 290 g/mol. The fourth-order valence-corrected chi connectivity index (χ4v) is 2.54. The molecule has 21 heavy (non-hydrogen) atoms. The summed E-state index contributed by atoms with van der Waals surface area (Å²) in [4.78, 5) is 11.9. The second kappa shape index (κ2) is 7.46. The molecule has 4 heteroatoms. The summed E-state index contributed by atoms with van der Waals surface area (Å²) in [7, 11) is 0. The van der Waals surface area contributed by atoms with E-state index in [1.807, 2.05) is 44.2 Å². The molecule has 1 aliphatic heterocycles. The van der Waals surface area contributed by atoms with Gasteiger partial charge in [-0.2, -0.15) is 0 Å². The van der Waals surface area contributed by atoms with Gasteiger partial charge in [0.25, 0.3) is 0 Å². The van der Waals surface area contributed by atoms with Crippen molar-refractivity contribution in [3.8, 4) is 5.75 Å². The van der Waals surface area contributed by atoms with Crippen molar-refractivity contribution in [3.05, 3.63) is 30.3 Å². The van der Waals surface area contributed by atoms with Crippen molar-refractivity contribution in [2.24, 2.45) is 5.92 Å². The van der Waals surface area contributed by atoms with Crippen LogP contribution in [0.5, 0.6) is 5.75 Å². The topological polar surface area (TPSA) is 50.4 Å². The number of nitrogens with one attached hydrogen (secondary N) is 2. The lowest BCUT2D eigenvalue weighted by Gasteiger charge is -2.27. The van der Waals surface area contributed by atoms with Crippen molar-refractivity contribution in [1.29, 1.82) is 0 Å². The Morgan fingerprint density at radius 1 is 1.38 bits per heavy atom. The first kappa shape index (κ1) is 15.8. The normalized spacial score (nSPS) is 18.5. The van der Waals surface area contributed by atoms with E-state index in [0.717, 1.165) is 25.3 Å². The number of para-hydroxylation sites is 1. The largest absolute Gasteiger partial charge is 0.486 e. The Bertz CT molecular complexity index is 439. The van der Waals surface area contributed by atoms with E-state index in [9.17, 15) is 4.79 Å². The lowest BCUT2D eigenvalue weighted by Crippen LogP contribution is -2.42. The molecular weight excluding hydrogens is 264 g/mol. The van der Waals surface area contributed by atoms with Gasteiger partial charge in [-0.15, -0.1) is 0 Å². The van der Waals surface area contributed by atoms with Crippen LogP contribution in [0.1, 0.15) is 33.1 Å². The molecule has 1 aromatic carbocycles. The van der Waals surface area contributed by atoms with E-state index in [0.29, 0.717) is 18.9 Å². The highest BCUT2D eigenvalue weighted by atomic mass is 16.5. The number of benzene rings is 1. The van der Waals surface area contributed by atoms with Crippen LogP contribution in [0.15, 0.2) is 30.3 Å². The monoisotopic (exact) mass is 290 g/mol. The van der Waals surface area contributed by atoms with Gasteiger partial charge in [-0.1, -0.05) is 18.2 Å².